The molecule has 0 unspecified atom stereocenters. The van der Waals surface area contributed by atoms with Gasteiger partial charge in [-0.1, -0.05) is 103 Å². The molecule has 0 radical (unpaired) electrons. The maximum absolute atomic E-state index is 11.8. The van der Waals surface area contributed by atoms with Gasteiger partial charge in [0.15, 0.2) is 0 Å². The normalized spacial score (nSPS) is 10.5. The minimum absolute atomic E-state index is 0. The smallest absolute Gasteiger partial charge is 0.282 e. The molecule has 0 saturated carbocycles. The number of rotatable bonds is 7. The summed E-state index contributed by atoms with van der Waals surface area (Å²) in [5, 5.41) is 7.11. The Labute approximate surface area is 302 Å². The van der Waals surface area contributed by atoms with Crippen LogP contribution in [-0.4, -0.2) is 13.0 Å². The van der Waals surface area contributed by atoms with Gasteiger partial charge in [-0.05, 0) is 72.8 Å². The van der Waals surface area contributed by atoms with E-state index >= 15 is 0 Å². The standard InChI is InChI=1S/C18H15O3PS.C18H15P.C6H5.Ni/c19-23(20,21)18-14-8-7-13-17(18)22(15-9-3-1-4-10-15)16-11-5-2-6-12-16;1-4-10-16(11-5-1)19(17-12-6-2-7-13-17)18-14-8-3-9-15-18;1-2-4-6-5-3-1;/h1-14H,(H,19,20,21);1-15H;1-5H;/q;;-1;/p+2. The van der Waals surface area contributed by atoms with E-state index in [9.17, 15) is 13.0 Å². The minimum Gasteiger partial charge on any atom is -0.282 e. The Morgan fingerprint density at radius 2 is 0.673 bits per heavy atom. The molecule has 0 bridgehead atoms. The Morgan fingerprint density at radius 1 is 0.388 bits per heavy atom. The third-order valence-corrected chi connectivity index (χ3v) is 14.0. The fourth-order valence-corrected chi connectivity index (χ4v) is 11.7. The Kier molecular flexibility index (Phi) is 15.1. The molecule has 248 valence electrons. The van der Waals surface area contributed by atoms with Gasteiger partial charge in [0.05, 0.1) is 7.92 Å². The SMILES string of the molecule is O=S(=O)(O)c1ccccc1[PH+](c1ccccc1)c1ccccc1.[Ni].[c-]1ccccc1.c1ccc([PH+](c2ccccc2)c2ccccc2)cc1. The maximum atomic E-state index is 11.8. The molecular weight excluding hydrogens is 705 g/mol. The summed E-state index contributed by atoms with van der Waals surface area (Å²) in [5.41, 5.74) is 0. The Balaban J connectivity index is 0.000000187. The molecule has 0 aliphatic carbocycles. The predicted molar refractivity (Wildman–Crippen MR) is 208 cm³/mol. The van der Waals surface area contributed by atoms with Gasteiger partial charge in [-0.25, -0.2) is 0 Å². The van der Waals surface area contributed by atoms with E-state index in [1.165, 1.54) is 22.0 Å². The van der Waals surface area contributed by atoms with Crippen molar-refractivity contribution in [2.24, 2.45) is 0 Å². The van der Waals surface area contributed by atoms with Crippen LogP contribution < -0.4 is 31.8 Å². The molecule has 49 heavy (non-hydrogen) atoms. The predicted octanol–water partition coefficient (Wildman–Crippen LogP) is 7.09. The topological polar surface area (TPSA) is 54.4 Å². The van der Waals surface area contributed by atoms with Gasteiger partial charge in [0.25, 0.3) is 10.1 Å². The third kappa shape index (κ3) is 11.2. The minimum atomic E-state index is -4.27. The molecule has 7 aromatic carbocycles. The van der Waals surface area contributed by atoms with Gasteiger partial charge < -0.3 is 0 Å². The maximum Gasteiger partial charge on any atom is 0.298 e. The molecule has 7 rings (SSSR count). The van der Waals surface area contributed by atoms with Crippen LogP contribution >= 0.6 is 15.8 Å². The van der Waals surface area contributed by atoms with E-state index in [1.807, 2.05) is 91.0 Å². The van der Waals surface area contributed by atoms with Gasteiger partial charge in [0.1, 0.15) is 44.6 Å². The first kappa shape index (κ1) is 37.6. The van der Waals surface area contributed by atoms with Gasteiger partial charge in [-0.15, -0.1) is 0 Å². The van der Waals surface area contributed by atoms with Crippen molar-refractivity contribution in [2.75, 3.05) is 0 Å². The van der Waals surface area contributed by atoms with E-state index in [2.05, 4.69) is 97.1 Å². The number of hydrogen-bond acceptors (Lipinski definition) is 2. The van der Waals surface area contributed by atoms with Crippen molar-refractivity contribution in [1.82, 2.24) is 0 Å². The van der Waals surface area contributed by atoms with Crippen LogP contribution in [0.15, 0.2) is 211 Å². The molecule has 7 aromatic rings. The number of hydrogen-bond donors (Lipinski definition) is 1. The van der Waals surface area contributed by atoms with Gasteiger partial charge in [0, 0.05) is 16.5 Å². The summed E-state index contributed by atoms with van der Waals surface area (Å²) in [7, 11) is -6.67. The van der Waals surface area contributed by atoms with Gasteiger partial charge in [0.2, 0.25) is 0 Å². The summed E-state index contributed by atoms with van der Waals surface area (Å²) in [4.78, 5) is -0.0124. The second-order valence-corrected chi connectivity index (χ2v) is 16.9. The fourth-order valence-electron chi connectivity index (χ4n) is 5.24. The van der Waals surface area contributed by atoms with Crippen LogP contribution in [-0.2, 0) is 26.6 Å². The van der Waals surface area contributed by atoms with E-state index in [4.69, 9.17) is 0 Å². The average molecular weight is 742 g/mol. The fraction of sp³-hybridized carbons (Fsp3) is 0. The Morgan fingerprint density at radius 3 is 0.959 bits per heavy atom. The van der Waals surface area contributed by atoms with Crippen LogP contribution in [0.3, 0.4) is 0 Å². The molecule has 0 amide bonds. The molecule has 3 nitrogen and oxygen atoms in total. The van der Waals surface area contributed by atoms with E-state index in [1.54, 1.807) is 18.2 Å². The molecule has 0 saturated heterocycles. The summed E-state index contributed by atoms with van der Waals surface area (Å²) in [6.07, 6.45) is 0. The van der Waals surface area contributed by atoms with Crippen LogP contribution in [0.1, 0.15) is 0 Å². The molecule has 0 aliphatic heterocycles. The van der Waals surface area contributed by atoms with Crippen LogP contribution in [0.2, 0.25) is 0 Å². The van der Waals surface area contributed by atoms with Crippen LogP contribution in [0.5, 0.6) is 0 Å². The summed E-state index contributed by atoms with van der Waals surface area (Å²) in [5.74, 6) is 0. The summed E-state index contributed by atoms with van der Waals surface area (Å²) in [6, 6.07) is 71.3. The molecule has 0 fully saturated rings. The number of benzene rings is 7. The molecule has 0 spiro atoms. The van der Waals surface area contributed by atoms with Crippen molar-refractivity contribution < 1.29 is 29.5 Å². The second-order valence-electron chi connectivity index (χ2n) is 10.6. The third-order valence-electron chi connectivity index (χ3n) is 7.35. The summed E-state index contributed by atoms with van der Waals surface area (Å²) < 4.78 is 33.2. The monoisotopic (exact) mass is 741 g/mol. The zero-order valence-corrected chi connectivity index (χ0v) is 30.4. The largest absolute Gasteiger partial charge is 0.298 e. The molecule has 0 aliphatic rings. The van der Waals surface area contributed by atoms with Crippen molar-refractivity contribution >= 4 is 57.8 Å². The van der Waals surface area contributed by atoms with Gasteiger partial charge in [-0.2, -0.15) is 44.8 Å². The quantitative estimate of drug-likeness (QED) is 0.0823. The Hall–Kier alpha value is -4.20. The summed E-state index contributed by atoms with van der Waals surface area (Å²) >= 11 is 0. The van der Waals surface area contributed by atoms with Crippen molar-refractivity contribution in [3.8, 4) is 0 Å². The van der Waals surface area contributed by atoms with Crippen molar-refractivity contribution in [2.45, 2.75) is 4.90 Å². The first-order chi connectivity index (χ1) is 23.5. The second kappa shape index (κ2) is 19.7. The molecule has 0 aromatic heterocycles. The van der Waals surface area contributed by atoms with Gasteiger partial charge >= 0.3 is 0 Å². The van der Waals surface area contributed by atoms with Crippen LogP contribution in [0, 0.1) is 6.07 Å². The van der Waals surface area contributed by atoms with Crippen molar-refractivity contribution in [1.29, 1.82) is 0 Å². The van der Waals surface area contributed by atoms with E-state index in [0.29, 0.717) is 5.30 Å². The van der Waals surface area contributed by atoms with Crippen LogP contribution in [0.4, 0.5) is 0 Å². The van der Waals surface area contributed by atoms with Crippen LogP contribution in [0.25, 0.3) is 0 Å². The van der Waals surface area contributed by atoms with Gasteiger partial charge in [-0.3, -0.25) is 4.55 Å². The molecular formula is C42H37NiO3P2S+. The van der Waals surface area contributed by atoms with E-state index in [0.717, 1.165) is 10.6 Å². The molecule has 1 N–H and O–H groups in total. The van der Waals surface area contributed by atoms with E-state index < -0.39 is 26.0 Å². The zero-order valence-electron chi connectivity index (χ0n) is 26.6. The first-order valence-electron chi connectivity index (χ1n) is 15.5. The van der Waals surface area contributed by atoms with Crippen molar-refractivity contribution in [3.63, 3.8) is 0 Å². The average Bonchev–Trinajstić information content (AvgIpc) is 3.15. The summed E-state index contributed by atoms with van der Waals surface area (Å²) in [6.45, 7) is 0. The van der Waals surface area contributed by atoms with Crippen molar-refractivity contribution in [3.05, 3.63) is 212 Å². The molecule has 7 heteroatoms. The molecule has 0 atom stereocenters. The zero-order chi connectivity index (χ0) is 33.4. The molecule has 0 heterocycles. The van der Waals surface area contributed by atoms with E-state index in [-0.39, 0.29) is 21.4 Å². The Bertz CT molecular complexity index is 1880. The first-order valence-corrected chi connectivity index (χ1v) is 20.0.